The van der Waals surface area contributed by atoms with Crippen LogP contribution in [0.2, 0.25) is 0 Å². The van der Waals surface area contributed by atoms with Crippen LogP contribution in [0.1, 0.15) is 11.1 Å². The van der Waals surface area contributed by atoms with E-state index in [1.54, 1.807) is 24.4 Å². The number of nitrogens with zero attached hydrogens (tertiary/aromatic N) is 2. The van der Waals surface area contributed by atoms with E-state index in [1.165, 1.54) is 13.2 Å². The minimum Gasteiger partial charge on any atom is -0.481 e. The molecule has 2 aromatic rings. The minimum atomic E-state index is -0.293. The Morgan fingerprint density at radius 3 is 2.89 bits per heavy atom. The van der Waals surface area contributed by atoms with Crippen LogP contribution in [-0.4, -0.2) is 17.1 Å². The van der Waals surface area contributed by atoms with Crippen molar-refractivity contribution in [3.05, 3.63) is 47.4 Å². The summed E-state index contributed by atoms with van der Waals surface area (Å²) in [6, 6.07) is 6.57. The molecule has 0 aliphatic rings. The number of rotatable bonds is 5. The highest BCUT2D eigenvalue weighted by molar-refractivity contribution is 5.31. The number of ether oxygens (including phenoxy) is 1. The van der Waals surface area contributed by atoms with Gasteiger partial charge in [-0.25, -0.2) is 9.37 Å². The molecule has 0 saturated heterocycles. The number of nitrogens with two attached hydrogens (primary N) is 1. The largest absolute Gasteiger partial charge is 0.481 e. The summed E-state index contributed by atoms with van der Waals surface area (Å²) in [7, 11) is 1.53. The van der Waals surface area contributed by atoms with Gasteiger partial charge >= 0.3 is 0 Å². The molecule has 6 heteroatoms. The number of methoxy groups -OCH3 is 1. The molecule has 1 aromatic carbocycles. The number of benzene rings is 1. The average Bonchev–Trinajstić information content (AvgIpc) is 2.46. The third-order valence-corrected chi connectivity index (χ3v) is 2.63. The Bertz CT molecular complexity index is 562. The first-order chi connectivity index (χ1) is 9.22. The van der Waals surface area contributed by atoms with Crippen molar-refractivity contribution in [1.82, 2.24) is 9.97 Å². The third-order valence-electron chi connectivity index (χ3n) is 2.63. The Kier molecular flexibility index (Phi) is 4.25. The molecule has 1 heterocycles. The fourth-order valence-corrected chi connectivity index (χ4v) is 1.58. The molecule has 100 valence electrons. The van der Waals surface area contributed by atoms with Gasteiger partial charge in [0.15, 0.2) is 0 Å². The van der Waals surface area contributed by atoms with Gasteiger partial charge in [-0.3, -0.25) is 0 Å². The monoisotopic (exact) mass is 262 g/mol. The fourth-order valence-electron chi connectivity index (χ4n) is 1.58. The van der Waals surface area contributed by atoms with Crippen molar-refractivity contribution in [2.45, 2.75) is 13.1 Å². The van der Waals surface area contributed by atoms with Crippen molar-refractivity contribution in [3.8, 4) is 5.88 Å². The second-order valence-corrected chi connectivity index (χ2v) is 3.91. The van der Waals surface area contributed by atoms with Gasteiger partial charge in [0.2, 0.25) is 11.8 Å². The first kappa shape index (κ1) is 13.2. The summed E-state index contributed by atoms with van der Waals surface area (Å²) in [5.74, 6) is 0.552. The van der Waals surface area contributed by atoms with Crippen LogP contribution >= 0.6 is 0 Å². The summed E-state index contributed by atoms with van der Waals surface area (Å²) in [6.45, 7) is 0.619. The highest BCUT2D eigenvalue weighted by Gasteiger charge is 2.04. The topological polar surface area (TPSA) is 73.1 Å². The van der Waals surface area contributed by atoms with E-state index >= 15 is 0 Å². The van der Waals surface area contributed by atoms with Gasteiger partial charge < -0.3 is 15.8 Å². The Morgan fingerprint density at radius 1 is 1.37 bits per heavy atom. The summed E-state index contributed by atoms with van der Waals surface area (Å²) in [5, 5.41) is 2.94. The van der Waals surface area contributed by atoms with E-state index in [0.717, 1.165) is 5.56 Å². The predicted molar refractivity (Wildman–Crippen MR) is 70.2 cm³/mol. The van der Waals surface area contributed by atoms with Gasteiger partial charge in [-0.1, -0.05) is 12.1 Å². The number of hydrogen-bond acceptors (Lipinski definition) is 5. The molecule has 2 rings (SSSR count). The van der Waals surface area contributed by atoms with Crippen molar-refractivity contribution < 1.29 is 9.13 Å². The van der Waals surface area contributed by atoms with Gasteiger partial charge in [0.05, 0.1) is 7.11 Å². The molecule has 0 radical (unpaired) electrons. The molecule has 1 aromatic heterocycles. The molecule has 0 atom stereocenters. The summed E-state index contributed by atoms with van der Waals surface area (Å²) in [5.41, 5.74) is 6.74. The van der Waals surface area contributed by atoms with Crippen molar-refractivity contribution >= 4 is 5.95 Å². The second-order valence-electron chi connectivity index (χ2n) is 3.91. The normalized spacial score (nSPS) is 10.3. The molecule has 0 aliphatic carbocycles. The molecular weight excluding hydrogens is 247 g/mol. The maximum atomic E-state index is 13.7. The Morgan fingerprint density at radius 2 is 2.21 bits per heavy atom. The lowest BCUT2D eigenvalue weighted by Gasteiger charge is -2.07. The standard InChI is InChI=1S/C13H15FN4O/c1-19-12-4-5-16-13(18-12)17-8-10-3-2-9(7-15)6-11(10)14/h2-6H,7-8,15H2,1H3,(H,16,17,18). The van der Waals surface area contributed by atoms with Gasteiger partial charge in [-0.05, 0) is 11.6 Å². The zero-order valence-corrected chi connectivity index (χ0v) is 10.6. The van der Waals surface area contributed by atoms with E-state index in [-0.39, 0.29) is 5.82 Å². The quantitative estimate of drug-likeness (QED) is 0.858. The maximum absolute atomic E-state index is 13.7. The van der Waals surface area contributed by atoms with Crippen LogP contribution in [0.25, 0.3) is 0 Å². The van der Waals surface area contributed by atoms with Crippen LogP contribution in [0, 0.1) is 5.82 Å². The lowest BCUT2D eigenvalue weighted by Crippen LogP contribution is -2.06. The third kappa shape index (κ3) is 3.38. The number of nitrogens with one attached hydrogen (secondary N) is 1. The first-order valence-corrected chi connectivity index (χ1v) is 5.81. The highest BCUT2D eigenvalue weighted by atomic mass is 19.1. The van der Waals surface area contributed by atoms with Crippen molar-refractivity contribution in [1.29, 1.82) is 0 Å². The average molecular weight is 262 g/mol. The maximum Gasteiger partial charge on any atom is 0.226 e. The SMILES string of the molecule is COc1ccnc(NCc2ccc(CN)cc2F)n1. The molecule has 0 unspecified atom stereocenters. The molecule has 0 saturated carbocycles. The summed E-state index contributed by atoms with van der Waals surface area (Å²) in [4.78, 5) is 8.10. The Balaban J connectivity index is 2.05. The summed E-state index contributed by atoms with van der Waals surface area (Å²) in [6.07, 6.45) is 1.57. The van der Waals surface area contributed by atoms with Crippen LogP contribution in [-0.2, 0) is 13.1 Å². The molecule has 0 bridgehead atoms. The number of halogens is 1. The Labute approximate surface area is 110 Å². The molecule has 5 nitrogen and oxygen atoms in total. The van der Waals surface area contributed by atoms with E-state index in [1.807, 2.05) is 0 Å². The zero-order chi connectivity index (χ0) is 13.7. The van der Waals surface area contributed by atoms with Crippen LogP contribution < -0.4 is 15.8 Å². The Hall–Kier alpha value is -2.21. The van der Waals surface area contributed by atoms with E-state index < -0.39 is 0 Å². The lowest BCUT2D eigenvalue weighted by atomic mass is 10.1. The minimum absolute atomic E-state index is 0.293. The summed E-state index contributed by atoms with van der Waals surface area (Å²) < 4.78 is 18.7. The first-order valence-electron chi connectivity index (χ1n) is 5.81. The smallest absolute Gasteiger partial charge is 0.226 e. The van der Waals surface area contributed by atoms with Gasteiger partial charge in [0, 0.05) is 30.9 Å². The molecule has 0 aliphatic heterocycles. The van der Waals surface area contributed by atoms with Crippen LogP contribution in [0.4, 0.5) is 10.3 Å². The van der Waals surface area contributed by atoms with E-state index in [9.17, 15) is 4.39 Å². The van der Waals surface area contributed by atoms with E-state index in [4.69, 9.17) is 10.5 Å². The molecule has 3 N–H and O–H groups in total. The van der Waals surface area contributed by atoms with Crippen molar-refractivity contribution in [2.24, 2.45) is 5.73 Å². The molecule has 0 fully saturated rings. The molecule has 0 amide bonds. The van der Waals surface area contributed by atoms with E-state index in [2.05, 4.69) is 15.3 Å². The lowest BCUT2D eigenvalue weighted by molar-refractivity contribution is 0.397. The highest BCUT2D eigenvalue weighted by Crippen LogP contribution is 2.13. The van der Waals surface area contributed by atoms with E-state index in [0.29, 0.717) is 30.5 Å². The van der Waals surface area contributed by atoms with Crippen molar-refractivity contribution in [3.63, 3.8) is 0 Å². The summed E-state index contributed by atoms with van der Waals surface area (Å²) >= 11 is 0. The van der Waals surface area contributed by atoms with Gasteiger partial charge in [0.1, 0.15) is 5.82 Å². The molecule has 0 spiro atoms. The fraction of sp³-hybridized carbons (Fsp3) is 0.231. The van der Waals surface area contributed by atoms with Crippen LogP contribution in [0.5, 0.6) is 5.88 Å². The second kappa shape index (κ2) is 6.10. The predicted octanol–water partition coefficient (Wildman–Crippen LogP) is 1.70. The number of hydrogen-bond donors (Lipinski definition) is 2. The van der Waals surface area contributed by atoms with Gasteiger partial charge in [-0.15, -0.1) is 0 Å². The molecule has 19 heavy (non-hydrogen) atoms. The van der Waals surface area contributed by atoms with Crippen LogP contribution in [0.15, 0.2) is 30.5 Å². The number of anilines is 1. The van der Waals surface area contributed by atoms with Gasteiger partial charge in [-0.2, -0.15) is 4.98 Å². The molecular formula is C13H15FN4O. The van der Waals surface area contributed by atoms with Gasteiger partial charge in [0.25, 0.3) is 0 Å². The number of aromatic nitrogens is 2. The van der Waals surface area contributed by atoms with Crippen LogP contribution in [0.3, 0.4) is 0 Å². The zero-order valence-electron chi connectivity index (χ0n) is 10.6. The van der Waals surface area contributed by atoms with Crippen molar-refractivity contribution in [2.75, 3.05) is 12.4 Å².